The zero-order valence-electron chi connectivity index (χ0n) is 29.6. The first-order valence-electron chi connectivity index (χ1n) is 17.0. The summed E-state index contributed by atoms with van der Waals surface area (Å²) in [6.45, 7) is 11.5. The Labute approximate surface area is 292 Å². The third-order valence-corrected chi connectivity index (χ3v) is 10.1. The molecule has 0 radical (unpaired) electrons. The van der Waals surface area contributed by atoms with Crippen LogP contribution in [-0.2, 0) is 19.6 Å². The molecule has 3 aromatic rings. The van der Waals surface area contributed by atoms with E-state index >= 15 is 0 Å². The molecule has 10 nitrogen and oxygen atoms in total. The largest absolute Gasteiger partial charge is 0.444 e. The fourth-order valence-electron chi connectivity index (χ4n) is 5.68. The third-order valence-electron chi connectivity index (χ3n) is 8.17. The molecule has 11 heteroatoms. The van der Waals surface area contributed by atoms with Crippen molar-refractivity contribution < 1.29 is 27.9 Å². The molecule has 0 saturated carbocycles. The van der Waals surface area contributed by atoms with Gasteiger partial charge in [0.05, 0.1) is 17.0 Å². The number of anilines is 1. The van der Waals surface area contributed by atoms with E-state index < -0.39 is 45.8 Å². The summed E-state index contributed by atoms with van der Waals surface area (Å²) >= 11 is 0. The maximum Gasteiger partial charge on any atom is 0.408 e. The van der Waals surface area contributed by atoms with Crippen LogP contribution in [-0.4, -0.2) is 66.7 Å². The minimum absolute atomic E-state index is 0.123. The number of nitrogen functional groups attached to an aromatic ring is 1. The van der Waals surface area contributed by atoms with Crippen LogP contribution in [0.25, 0.3) is 0 Å². The van der Waals surface area contributed by atoms with Crippen molar-refractivity contribution in [3.63, 3.8) is 0 Å². The van der Waals surface area contributed by atoms with Gasteiger partial charge in [0.25, 0.3) is 0 Å². The molecule has 0 aliphatic rings. The molecule has 0 spiro atoms. The minimum Gasteiger partial charge on any atom is -0.444 e. The summed E-state index contributed by atoms with van der Waals surface area (Å²) in [5.41, 5.74) is 7.22. The molecule has 0 aliphatic carbocycles. The second kappa shape index (κ2) is 18.2. The molecular formula is C38H54N4O6S. The van der Waals surface area contributed by atoms with Crippen molar-refractivity contribution in [2.24, 2.45) is 5.92 Å². The van der Waals surface area contributed by atoms with E-state index in [4.69, 9.17) is 10.5 Å². The Morgan fingerprint density at radius 3 is 1.90 bits per heavy atom. The third kappa shape index (κ3) is 12.2. The van der Waals surface area contributed by atoms with Crippen LogP contribution >= 0.6 is 0 Å². The van der Waals surface area contributed by atoms with Crippen LogP contribution < -0.4 is 16.4 Å². The molecule has 0 aromatic heterocycles. The van der Waals surface area contributed by atoms with Crippen LogP contribution in [0.4, 0.5) is 10.5 Å². The lowest BCUT2D eigenvalue weighted by Crippen LogP contribution is -2.51. The van der Waals surface area contributed by atoms with E-state index in [-0.39, 0.29) is 29.8 Å². The van der Waals surface area contributed by atoms with Crippen molar-refractivity contribution >= 4 is 27.7 Å². The van der Waals surface area contributed by atoms with Gasteiger partial charge < -0.3 is 26.2 Å². The van der Waals surface area contributed by atoms with Crippen molar-refractivity contribution in [3.8, 4) is 0 Å². The van der Waals surface area contributed by atoms with E-state index in [0.717, 1.165) is 11.1 Å². The molecule has 0 bridgehead atoms. The number of nitrogens with one attached hydrogen (secondary N) is 2. The first-order chi connectivity index (χ1) is 23.1. The number of hydrogen-bond acceptors (Lipinski definition) is 7. The molecule has 3 aromatic carbocycles. The molecule has 5 N–H and O–H groups in total. The number of sulfonamides is 1. The average Bonchev–Trinajstić information content (AvgIpc) is 3.03. The number of carbonyl (C=O) groups is 2. The SMILES string of the molecule is CC(C)CCN(C(CCCCNC(=O)[C@@H](NC(=O)OC(C)(C)C)C(c1ccccc1)c1ccccc1)C(C)O)S(=O)(=O)c1ccc(N)cc1. The molecule has 2 amide bonds. The molecule has 49 heavy (non-hydrogen) atoms. The van der Waals surface area contributed by atoms with E-state index in [2.05, 4.69) is 10.6 Å². The lowest BCUT2D eigenvalue weighted by molar-refractivity contribution is -0.123. The van der Waals surface area contributed by atoms with Gasteiger partial charge in [0, 0.05) is 24.7 Å². The minimum atomic E-state index is -3.92. The van der Waals surface area contributed by atoms with Gasteiger partial charge in [-0.05, 0) is 88.3 Å². The molecular weight excluding hydrogens is 641 g/mol. The van der Waals surface area contributed by atoms with Gasteiger partial charge in [-0.2, -0.15) is 4.31 Å². The highest BCUT2D eigenvalue weighted by molar-refractivity contribution is 7.89. The van der Waals surface area contributed by atoms with Gasteiger partial charge in [-0.25, -0.2) is 13.2 Å². The van der Waals surface area contributed by atoms with E-state index in [9.17, 15) is 23.1 Å². The van der Waals surface area contributed by atoms with Crippen LogP contribution in [0.5, 0.6) is 0 Å². The van der Waals surface area contributed by atoms with Gasteiger partial charge in [0.2, 0.25) is 15.9 Å². The van der Waals surface area contributed by atoms with Crippen LogP contribution in [0.15, 0.2) is 89.8 Å². The number of unbranched alkanes of at least 4 members (excludes halogenated alkanes) is 1. The number of nitrogens with two attached hydrogens (primary N) is 1. The predicted octanol–water partition coefficient (Wildman–Crippen LogP) is 6.07. The molecule has 2 unspecified atom stereocenters. The Hall–Kier alpha value is -3.93. The van der Waals surface area contributed by atoms with Crippen molar-refractivity contribution in [1.82, 2.24) is 14.9 Å². The quantitative estimate of drug-likeness (QED) is 0.0990. The van der Waals surface area contributed by atoms with Gasteiger partial charge in [-0.15, -0.1) is 0 Å². The van der Waals surface area contributed by atoms with Gasteiger partial charge >= 0.3 is 6.09 Å². The highest BCUT2D eigenvalue weighted by Gasteiger charge is 2.35. The standard InChI is InChI=1S/C38H54N4O6S/c1-27(2)24-26-42(49(46,47)32-22-20-31(39)21-23-32)33(28(3)43)19-13-14-25-40-36(44)35(41-37(45)48-38(4,5)6)34(29-15-9-7-10-16-29)30-17-11-8-12-18-30/h7-12,15-18,20-23,27-28,33-35,43H,13-14,19,24-26,39H2,1-6H3,(H,40,44)(H,41,45)/t28?,33?,35-/m0/s1. The number of benzene rings is 3. The van der Waals surface area contributed by atoms with Crippen molar-refractivity contribution in [2.75, 3.05) is 18.8 Å². The maximum absolute atomic E-state index is 13.9. The molecule has 0 heterocycles. The zero-order valence-corrected chi connectivity index (χ0v) is 30.5. The highest BCUT2D eigenvalue weighted by atomic mass is 32.2. The number of aliphatic hydroxyl groups is 1. The molecule has 0 aliphatic heterocycles. The maximum atomic E-state index is 13.9. The fraction of sp³-hybridized carbons (Fsp3) is 0.474. The second-order valence-corrected chi connectivity index (χ2v) is 15.8. The monoisotopic (exact) mass is 694 g/mol. The number of carbonyl (C=O) groups excluding carboxylic acids is 2. The number of aliphatic hydroxyl groups excluding tert-OH is 1. The molecule has 0 saturated heterocycles. The summed E-state index contributed by atoms with van der Waals surface area (Å²) in [4.78, 5) is 27.0. The smallest absolute Gasteiger partial charge is 0.408 e. The molecule has 0 fully saturated rings. The Kier molecular flexibility index (Phi) is 14.7. The van der Waals surface area contributed by atoms with Gasteiger partial charge in [-0.1, -0.05) is 80.9 Å². The predicted molar refractivity (Wildman–Crippen MR) is 194 cm³/mol. The molecule has 3 rings (SSSR count). The fourth-order valence-corrected chi connectivity index (χ4v) is 7.42. The number of alkyl carbamates (subject to hydrolysis) is 1. The first kappa shape index (κ1) is 39.5. The van der Waals surface area contributed by atoms with Crippen LogP contribution in [0.3, 0.4) is 0 Å². The van der Waals surface area contributed by atoms with E-state index in [1.54, 1.807) is 39.8 Å². The Morgan fingerprint density at radius 2 is 1.41 bits per heavy atom. The topological polar surface area (TPSA) is 151 Å². The first-order valence-corrected chi connectivity index (χ1v) is 18.5. The number of amides is 2. The summed E-state index contributed by atoms with van der Waals surface area (Å²) in [5.74, 6) is -0.616. The van der Waals surface area contributed by atoms with Gasteiger partial charge in [0.1, 0.15) is 11.6 Å². The van der Waals surface area contributed by atoms with Crippen molar-refractivity contribution in [1.29, 1.82) is 0 Å². The number of hydrogen-bond donors (Lipinski definition) is 4. The number of nitrogens with zero attached hydrogens (tertiary/aromatic N) is 1. The van der Waals surface area contributed by atoms with Crippen LogP contribution in [0.1, 0.15) is 84.3 Å². The summed E-state index contributed by atoms with van der Waals surface area (Å²) < 4.78 is 34.6. The summed E-state index contributed by atoms with van der Waals surface area (Å²) in [6.07, 6.45) is 0.448. The van der Waals surface area contributed by atoms with E-state index in [1.807, 2.05) is 74.5 Å². The molecule has 3 atom stereocenters. The van der Waals surface area contributed by atoms with E-state index in [1.165, 1.54) is 16.4 Å². The second-order valence-electron chi connectivity index (χ2n) is 13.9. The molecule has 268 valence electrons. The normalized spacial score (nSPS) is 14.0. The average molecular weight is 695 g/mol. The summed E-state index contributed by atoms with van der Waals surface area (Å²) in [5, 5.41) is 16.6. The van der Waals surface area contributed by atoms with Gasteiger partial charge in [0.15, 0.2) is 0 Å². The summed E-state index contributed by atoms with van der Waals surface area (Å²) in [7, 11) is -3.92. The lowest BCUT2D eigenvalue weighted by atomic mass is 9.84. The Bertz CT molecular complexity index is 1520. The van der Waals surface area contributed by atoms with Gasteiger partial charge in [-0.3, -0.25) is 4.79 Å². The Morgan fingerprint density at radius 1 is 0.857 bits per heavy atom. The number of rotatable bonds is 17. The van der Waals surface area contributed by atoms with Crippen molar-refractivity contribution in [3.05, 3.63) is 96.1 Å². The summed E-state index contributed by atoms with van der Waals surface area (Å²) in [6, 6.07) is 23.5. The highest BCUT2D eigenvalue weighted by Crippen LogP contribution is 2.29. The Balaban J connectivity index is 1.77. The zero-order chi connectivity index (χ0) is 36.2. The van der Waals surface area contributed by atoms with Crippen molar-refractivity contribution in [2.45, 2.75) is 102 Å². The lowest BCUT2D eigenvalue weighted by Gasteiger charge is -2.33. The van der Waals surface area contributed by atoms with Crippen LogP contribution in [0, 0.1) is 5.92 Å². The van der Waals surface area contributed by atoms with E-state index in [0.29, 0.717) is 31.4 Å². The van der Waals surface area contributed by atoms with Crippen LogP contribution in [0.2, 0.25) is 0 Å². The number of ether oxygens (including phenoxy) is 1.